The number of amides is 2. The monoisotopic (exact) mass is 394 g/mol. The van der Waals surface area contributed by atoms with Crippen molar-refractivity contribution in [2.45, 2.75) is 57.7 Å². The standard InChI is InChI=1S/C21H25F3N2O2/c22-21(23,24)19(28)26-17-4-2-1-3-16(17)12-25-18(27)11-20-8-13-5-14(9-20)7-15(6-13)10-20/h1-4,13-15H,5-12H2,(H,25,27)(H,26,28). The summed E-state index contributed by atoms with van der Waals surface area (Å²) in [5, 5.41) is 4.74. The van der Waals surface area contributed by atoms with Crippen LogP contribution in [0.2, 0.25) is 0 Å². The molecule has 4 saturated carbocycles. The number of hydrogen-bond acceptors (Lipinski definition) is 2. The number of alkyl halides is 3. The Labute approximate surface area is 162 Å². The number of benzene rings is 1. The third kappa shape index (κ3) is 4.03. The molecule has 152 valence electrons. The van der Waals surface area contributed by atoms with Crippen LogP contribution in [0, 0.1) is 23.2 Å². The number of anilines is 1. The van der Waals surface area contributed by atoms with Gasteiger partial charge in [-0.1, -0.05) is 18.2 Å². The number of rotatable bonds is 5. The first-order chi connectivity index (χ1) is 13.2. The van der Waals surface area contributed by atoms with Crippen LogP contribution in [0.25, 0.3) is 0 Å². The predicted molar refractivity (Wildman–Crippen MR) is 98.2 cm³/mol. The van der Waals surface area contributed by atoms with Crippen molar-refractivity contribution in [1.82, 2.24) is 5.32 Å². The Kier molecular flexibility index (Phi) is 4.88. The van der Waals surface area contributed by atoms with Gasteiger partial charge in [-0.3, -0.25) is 9.59 Å². The maximum absolute atomic E-state index is 12.6. The highest BCUT2D eigenvalue weighted by Gasteiger charge is 2.51. The van der Waals surface area contributed by atoms with Crippen molar-refractivity contribution >= 4 is 17.5 Å². The van der Waals surface area contributed by atoms with Crippen LogP contribution in [0.5, 0.6) is 0 Å². The first-order valence-corrected chi connectivity index (χ1v) is 9.95. The van der Waals surface area contributed by atoms with E-state index >= 15 is 0 Å². The average molecular weight is 394 g/mol. The molecule has 28 heavy (non-hydrogen) atoms. The molecule has 4 aliphatic carbocycles. The molecule has 4 nitrogen and oxygen atoms in total. The van der Waals surface area contributed by atoms with Crippen LogP contribution in [0.1, 0.15) is 50.5 Å². The third-order valence-corrected chi connectivity index (χ3v) is 6.70. The van der Waals surface area contributed by atoms with E-state index < -0.39 is 12.1 Å². The summed E-state index contributed by atoms with van der Waals surface area (Å²) < 4.78 is 37.5. The molecule has 5 rings (SSSR count). The van der Waals surface area contributed by atoms with Crippen molar-refractivity contribution in [3.8, 4) is 0 Å². The Bertz CT molecular complexity index is 740. The van der Waals surface area contributed by atoms with Gasteiger partial charge in [-0.05, 0) is 73.3 Å². The SMILES string of the molecule is O=C(CC12CC3CC(CC(C3)C1)C2)NCc1ccccc1NC(=O)C(F)(F)F. The van der Waals surface area contributed by atoms with Gasteiger partial charge >= 0.3 is 12.1 Å². The maximum atomic E-state index is 12.6. The van der Waals surface area contributed by atoms with E-state index in [2.05, 4.69) is 5.32 Å². The summed E-state index contributed by atoms with van der Waals surface area (Å²) >= 11 is 0. The summed E-state index contributed by atoms with van der Waals surface area (Å²) in [6.45, 7) is 0.0967. The molecule has 0 atom stereocenters. The van der Waals surface area contributed by atoms with Gasteiger partial charge in [-0.15, -0.1) is 0 Å². The zero-order valence-corrected chi connectivity index (χ0v) is 15.6. The zero-order valence-electron chi connectivity index (χ0n) is 15.6. The molecule has 0 aromatic heterocycles. The molecule has 0 aliphatic heterocycles. The molecule has 4 aliphatic rings. The van der Waals surface area contributed by atoms with Crippen molar-refractivity contribution < 1.29 is 22.8 Å². The van der Waals surface area contributed by atoms with Crippen molar-refractivity contribution in [2.75, 3.05) is 5.32 Å². The minimum atomic E-state index is -4.95. The lowest BCUT2D eigenvalue weighted by Crippen LogP contribution is -2.48. The van der Waals surface area contributed by atoms with E-state index in [1.165, 1.54) is 25.3 Å². The molecule has 2 amide bonds. The van der Waals surface area contributed by atoms with E-state index in [-0.39, 0.29) is 23.6 Å². The highest BCUT2D eigenvalue weighted by atomic mass is 19.4. The minimum Gasteiger partial charge on any atom is -0.352 e. The van der Waals surface area contributed by atoms with Gasteiger partial charge in [0.15, 0.2) is 0 Å². The second kappa shape index (κ2) is 7.08. The van der Waals surface area contributed by atoms with E-state index in [9.17, 15) is 22.8 Å². The fourth-order valence-electron chi connectivity index (χ4n) is 6.09. The summed E-state index contributed by atoms with van der Waals surface area (Å²) in [6.07, 6.45) is 2.87. The van der Waals surface area contributed by atoms with Crippen LogP contribution >= 0.6 is 0 Å². The second-order valence-corrected chi connectivity index (χ2v) is 8.98. The molecule has 7 heteroatoms. The van der Waals surface area contributed by atoms with Crippen LogP contribution in [-0.4, -0.2) is 18.0 Å². The number of para-hydroxylation sites is 1. The third-order valence-electron chi connectivity index (χ3n) is 6.70. The Balaban J connectivity index is 1.36. The number of halogens is 3. The van der Waals surface area contributed by atoms with E-state index in [1.54, 1.807) is 18.2 Å². The summed E-state index contributed by atoms with van der Waals surface area (Å²) in [5.41, 5.74) is 0.641. The Morgan fingerprint density at radius 2 is 1.57 bits per heavy atom. The van der Waals surface area contributed by atoms with Gasteiger partial charge in [0.25, 0.3) is 0 Å². The smallest absolute Gasteiger partial charge is 0.352 e. The van der Waals surface area contributed by atoms with Crippen molar-refractivity contribution in [3.63, 3.8) is 0 Å². The summed E-state index contributed by atoms with van der Waals surface area (Å²) in [7, 11) is 0. The molecule has 1 aromatic carbocycles. The molecule has 0 radical (unpaired) electrons. The van der Waals surface area contributed by atoms with Gasteiger partial charge in [0.1, 0.15) is 0 Å². The van der Waals surface area contributed by atoms with Gasteiger partial charge in [-0.25, -0.2) is 0 Å². The van der Waals surface area contributed by atoms with Crippen LogP contribution in [0.3, 0.4) is 0 Å². The molecular formula is C21H25F3N2O2. The molecular weight excluding hydrogens is 369 g/mol. The van der Waals surface area contributed by atoms with E-state index in [4.69, 9.17) is 0 Å². The fraction of sp³-hybridized carbons (Fsp3) is 0.619. The van der Waals surface area contributed by atoms with Gasteiger partial charge in [0.05, 0.1) is 0 Å². The minimum absolute atomic E-state index is 0.0566. The lowest BCUT2D eigenvalue weighted by atomic mass is 9.49. The summed E-state index contributed by atoms with van der Waals surface area (Å²) in [6, 6.07) is 6.23. The maximum Gasteiger partial charge on any atom is 0.471 e. The Hall–Kier alpha value is -2.05. The van der Waals surface area contributed by atoms with Gasteiger partial charge in [0.2, 0.25) is 5.91 Å². The van der Waals surface area contributed by atoms with Gasteiger partial charge in [-0.2, -0.15) is 13.2 Å². The topological polar surface area (TPSA) is 58.2 Å². The molecule has 0 spiro atoms. The van der Waals surface area contributed by atoms with Crippen LogP contribution in [0.15, 0.2) is 24.3 Å². The lowest BCUT2D eigenvalue weighted by molar-refractivity contribution is -0.167. The highest BCUT2D eigenvalue weighted by molar-refractivity contribution is 5.95. The van der Waals surface area contributed by atoms with Crippen molar-refractivity contribution in [3.05, 3.63) is 29.8 Å². The quantitative estimate of drug-likeness (QED) is 0.777. The zero-order chi connectivity index (χ0) is 19.9. The molecule has 4 fully saturated rings. The van der Waals surface area contributed by atoms with Crippen molar-refractivity contribution in [2.24, 2.45) is 23.2 Å². The molecule has 0 unspecified atom stereocenters. The first-order valence-electron chi connectivity index (χ1n) is 9.95. The molecule has 2 N–H and O–H groups in total. The van der Waals surface area contributed by atoms with Gasteiger partial charge < -0.3 is 10.6 Å². The molecule has 0 saturated heterocycles. The van der Waals surface area contributed by atoms with Crippen molar-refractivity contribution in [1.29, 1.82) is 0 Å². The van der Waals surface area contributed by atoms with E-state index in [0.29, 0.717) is 12.0 Å². The summed E-state index contributed by atoms with van der Waals surface area (Å²) in [5.74, 6) is 0.214. The summed E-state index contributed by atoms with van der Waals surface area (Å²) in [4.78, 5) is 23.8. The molecule has 4 bridgehead atoms. The highest BCUT2D eigenvalue weighted by Crippen LogP contribution is 2.61. The Morgan fingerprint density at radius 3 is 2.14 bits per heavy atom. The van der Waals surface area contributed by atoms with E-state index in [0.717, 1.165) is 37.0 Å². The van der Waals surface area contributed by atoms with Crippen LogP contribution < -0.4 is 10.6 Å². The number of hydrogen-bond donors (Lipinski definition) is 2. The average Bonchev–Trinajstić information content (AvgIpc) is 2.58. The largest absolute Gasteiger partial charge is 0.471 e. The predicted octanol–water partition coefficient (Wildman–Crippen LogP) is 4.41. The van der Waals surface area contributed by atoms with Crippen LogP contribution in [-0.2, 0) is 16.1 Å². The molecule has 0 heterocycles. The fourth-order valence-corrected chi connectivity index (χ4v) is 6.09. The number of carbonyl (C=O) groups excluding carboxylic acids is 2. The Morgan fingerprint density at radius 1 is 1.00 bits per heavy atom. The number of carbonyl (C=O) groups is 2. The normalized spacial score (nSPS) is 30.9. The van der Waals surface area contributed by atoms with Crippen LogP contribution in [0.4, 0.5) is 18.9 Å². The van der Waals surface area contributed by atoms with Gasteiger partial charge in [0, 0.05) is 18.7 Å². The molecule has 1 aromatic rings. The second-order valence-electron chi connectivity index (χ2n) is 8.98. The number of nitrogens with one attached hydrogen (secondary N) is 2. The van der Waals surface area contributed by atoms with E-state index in [1.807, 2.05) is 5.32 Å². The lowest BCUT2D eigenvalue weighted by Gasteiger charge is -2.56. The first kappa shape index (κ1) is 19.3.